The molecule has 0 radical (unpaired) electrons. The number of carbonyl (C=O) groups excluding carboxylic acids is 1. The number of carbonyl (C=O) groups is 1. The monoisotopic (exact) mass is 215 g/mol. The Bertz CT molecular complexity index is 452. The average Bonchev–Trinajstić information content (AvgIpc) is 2.12. The van der Waals surface area contributed by atoms with Gasteiger partial charge in [0, 0.05) is 25.7 Å². The second kappa shape index (κ2) is 4.85. The summed E-state index contributed by atoms with van der Waals surface area (Å²) in [6.07, 6.45) is 0. The summed E-state index contributed by atoms with van der Waals surface area (Å²) >= 11 is 0. The molecule has 0 unspecified atom stereocenters. The van der Waals surface area contributed by atoms with Crippen LogP contribution in [0.2, 0.25) is 0 Å². The molecule has 84 valence electrons. The van der Waals surface area contributed by atoms with Crippen molar-refractivity contribution < 1.29 is 4.79 Å². The number of ketones is 1. The third-order valence-corrected chi connectivity index (χ3v) is 2.30. The predicted molar refractivity (Wildman–Crippen MR) is 66.4 cm³/mol. The van der Waals surface area contributed by atoms with Gasteiger partial charge in [0.25, 0.3) is 0 Å². The highest BCUT2D eigenvalue weighted by Crippen LogP contribution is 2.16. The Labute approximate surface area is 97.3 Å². The van der Waals surface area contributed by atoms with Crippen LogP contribution in [0.15, 0.2) is 12.1 Å². The maximum atomic E-state index is 11.9. The highest BCUT2D eigenvalue weighted by Gasteiger charge is 2.10. The van der Waals surface area contributed by atoms with Crippen LogP contribution in [-0.2, 0) is 0 Å². The number of hydrogen-bond acceptors (Lipinski definition) is 2. The van der Waals surface area contributed by atoms with Crippen LogP contribution in [0.25, 0.3) is 0 Å². The normalized spacial score (nSPS) is 9.31. The van der Waals surface area contributed by atoms with Crippen molar-refractivity contribution in [1.29, 1.82) is 0 Å². The molecule has 1 rings (SSSR count). The smallest absolute Gasteiger partial charge is 0.238 e. The topological polar surface area (TPSA) is 20.3 Å². The number of benzene rings is 1. The maximum Gasteiger partial charge on any atom is 0.238 e. The number of hydrogen-bond donors (Lipinski definition) is 0. The zero-order valence-corrected chi connectivity index (χ0v) is 10.5. The van der Waals surface area contributed by atoms with E-state index in [-0.39, 0.29) is 5.78 Å². The van der Waals surface area contributed by atoms with Crippen molar-refractivity contribution in [3.63, 3.8) is 0 Å². The minimum absolute atomic E-state index is 0.108. The fourth-order valence-corrected chi connectivity index (χ4v) is 1.76. The molecule has 0 amide bonds. The molecule has 1 aromatic carbocycles. The standard InChI is InChI=1S/C14H17NO/c1-10-8-11(2)14(12(3)9-10)13(16)6-7-15(4)5/h8-9H,1-5H3. The van der Waals surface area contributed by atoms with E-state index in [0.717, 1.165) is 16.7 Å². The third kappa shape index (κ3) is 2.87. The van der Waals surface area contributed by atoms with E-state index in [2.05, 4.69) is 12.0 Å². The molecule has 2 nitrogen and oxygen atoms in total. The minimum Gasteiger partial charge on any atom is -0.338 e. The lowest BCUT2D eigenvalue weighted by Gasteiger charge is -2.07. The molecule has 0 aliphatic rings. The Morgan fingerprint density at radius 3 is 2.06 bits per heavy atom. The Kier molecular flexibility index (Phi) is 3.73. The first-order valence-corrected chi connectivity index (χ1v) is 5.23. The molecule has 0 spiro atoms. The molecule has 0 saturated carbocycles. The maximum absolute atomic E-state index is 11.9. The highest BCUT2D eigenvalue weighted by molar-refractivity contribution is 6.10. The van der Waals surface area contributed by atoms with Gasteiger partial charge in [-0.05, 0) is 37.8 Å². The quantitative estimate of drug-likeness (QED) is 0.407. The van der Waals surface area contributed by atoms with Crippen LogP contribution in [0.4, 0.5) is 0 Å². The van der Waals surface area contributed by atoms with Crippen molar-refractivity contribution in [3.05, 3.63) is 34.4 Å². The van der Waals surface area contributed by atoms with Crippen molar-refractivity contribution in [3.8, 4) is 12.0 Å². The third-order valence-electron chi connectivity index (χ3n) is 2.30. The molecule has 0 aliphatic heterocycles. The van der Waals surface area contributed by atoms with Crippen molar-refractivity contribution in [2.75, 3.05) is 14.1 Å². The van der Waals surface area contributed by atoms with Gasteiger partial charge in [-0.3, -0.25) is 4.79 Å². The Balaban J connectivity index is 3.16. The first-order valence-electron chi connectivity index (χ1n) is 5.23. The van der Waals surface area contributed by atoms with Crippen LogP contribution in [0.5, 0.6) is 0 Å². The van der Waals surface area contributed by atoms with Crippen molar-refractivity contribution >= 4 is 5.78 Å². The molecule has 2 heteroatoms. The summed E-state index contributed by atoms with van der Waals surface area (Å²) in [4.78, 5) is 13.6. The Hall–Kier alpha value is -1.75. The molecule has 0 N–H and O–H groups in total. The van der Waals surface area contributed by atoms with E-state index in [4.69, 9.17) is 0 Å². The second-order valence-electron chi connectivity index (χ2n) is 4.23. The summed E-state index contributed by atoms with van der Waals surface area (Å²) in [6, 6.07) is 6.77. The van der Waals surface area contributed by atoms with Gasteiger partial charge in [0.1, 0.15) is 0 Å². The molecule has 0 fully saturated rings. The van der Waals surface area contributed by atoms with E-state index >= 15 is 0 Å². The SMILES string of the molecule is Cc1cc(C)c(C(=O)C#CN(C)C)c(C)c1. The van der Waals surface area contributed by atoms with Crippen LogP contribution in [-0.4, -0.2) is 24.8 Å². The summed E-state index contributed by atoms with van der Waals surface area (Å²) in [5, 5.41) is 0. The fraction of sp³-hybridized carbons (Fsp3) is 0.357. The van der Waals surface area contributed by atoms with Gasteiger partial charge in [-0.2, -0.15) is 0 Å². The van der Waals surface area contributed by atoms with Crippen molar-refractivity contribution in [2.45, 2.75) is 20.8 Å². The summed E-state index contributed by atoms with van der Waals surface area (Å²) < 4.78 is 0. The molecule has 1 aromatic rings. The number of aryl methyl sites for hydroxylation is 3. The van der Waals surface area contributed by atoms with Crippen LogP contribution in [0.3, 0.4) is 0 Å². The summed E-state index contributed by atoms with van der Waals surface area (Å²) in [6.45, 7) is 5.93. The van der Waals surface area contributed by atoms with Crippen LogP contribution >= 0.6 is 0 Å². The predicted octanol–water partition coefficient (Wildman–Crippen LogP) is 2.32. The molecule has 0 aliphatic carbocycles. The van der Waals surface area contributed by atoms with Gasteiger partial charge in [0.15, 0.2) is 0 Å². The lowest BCUT2D eigenvalue weighted by atomic mass is 9.97. The summed E-state index contributed by atoms with van der Waals surface area (Å²) in [5.41, 5.74) is 3.90. The number of nitrogens with zero attached hydrogens (tertiary/aromatic N) is 1. The van der Waals surface area contributed by atoms with Crippen molar-refractivity contribution in [1.82, 2.24) is 4.90 Å². The highest BCUT2D eigenvalue weighted by atomic mass is 16.1. The van der Waals surface area contributed by atoms with Gasteiger partial charge in [-0.15, -0.1) is 0 Å². The van der Waals surface area contributed by atoms with E-state index in [0.29, 0.717) is 0 Å². The van der Waals surface area contributed by atoms with Crippen molar-refractivity contribution in [2.24, 2.45) is 0 Å². The van der Waals surface area contributed by atoms with Crippen LogP contribution < -0.4 is 0 Å². The largest absolute Gasteiger partial charge is 0.338 e. The zero-order valence-electron chi connectivity index (χ0n) is 10.5. The molecule has 0 atom stereocenters. The van der Waals surface area contributed by atoms with E-state index in [1.54, 1.807) is 4.90 Å². The first kappa shape index (κ1) is 12.3. The lowest BCUT2D eigenvalue weighted by molar-refractivity contribution is 0.105. The fourth-order valence-electron chi connectivity index (χ4n) is 1.76. The van der Waals surface area contributed by atoms with E-state index in [9.17, 15) is 4.79 Å². The summed E-state index contributed by atoms with van der Waals surface area (Å²) in [5.74, 6) is 2.53. The molecule has 0 saturated heterocycles. The zero-order chi connectivity index (χ0) is 12.3. The molecular formula is C14H17NO. The molecular weight excluding hydrogens is 198 g/mol. The number of Topliss-reactive ketones (excluding diaryl/α,β-unsaturated/α-hetero) is 1. The van der Waals surface area contributed by atoms with E-state index in [1.165, 1.54) is 5.56 Å². The van der Waals surface area contributed by atoms with Gasteiger partial charge < -0.3 is 4.90 Å². The van der Waals surface area contributed by atoms with E-state index in [1.807, 2.05) is 47.0 Å². The summed E-state index contributed by atoms with van der Waals surface area (Å²) in [7, 11) is 3.63. The van der Waals surface area contributed by atoms with Gasteiger partial charge in [0.05, 0.1) is 0 Å². The molecule has 0 heterocycles. The Morgan fingerprint density at radius 2 is 1.62 bits per heavy atom. The second-order valence-corrected chi connectivity index (χ2v) is 4.23. The Morgan fingerprint density at radius 1 is 1.12 bits per heavy atom. The molecule has 0 aromatic heterocycles. The van der Waals surface area contributed by atoms with Crippen LogP contribution in [0, 0.1) is 32.7 Å². The van der Waals surface area contributed by atoms with E-state index < -0.39 is 0 Å². The van der Waals surface area contributed by atoms with Gasteiger partial charge in [-0.1, -0.05) is 17.7 Å². The van der Waals surface area contributed by atoms with Gasteiger partial charge in [0.2, 0.25) is 5.78 Å². The molecule has 0 bridgehead atoms. The molecule has 16 heavy (non-hydrogen) atoms. The average molecular weight is 215 g/mol. The minimum atomic E-state index is -0.108. The first-order chi connectivity index (χ1) is 7.41. The van der Waals surface area contributed by atoms with Crippen LogP contribution in [0.1, 0.15) is 27.0 Å². The van der Waals surface area contributed by atoms with Gasteiger partial charge in [-0.25, -0.2) is 0 Å². The lowest BCUT2D eigenvalue weighted by Crippen LogP contribution is -2.06. The van der Waals surface area contributed by atoms with Gasteiger partial charge >= 0.3 is 0 Å². The number of rotatable bonds is 1.